The van der Waals surface area contributed by atoms with E-state index in [-0.39, 0.29) is 5.69 Å². The number of hydrogen-bond donors (Lipinski definition) is 2. The van der Waals surface area contributed by atoms with E-state index in [1.165, 1.54) is 18.3 Å². The first kappa shape index (κ1) is 19.2. The van der Waals surface area contributed by atoms with Crippen LogP contribution in [0.3, 0.4) is 0 Å². The van der Waals surface area contributed by atoms with Gasteiger partial charge in [-0.1, -0.05) is 18.2 Å². The Bertz CT molecular complexity index is 979. The number of amides is 1. The Labute approximate surface area is 162 Å². The Morgan fingerprint density at radius 3 is 2.57 bits per heavy atom. The van der Waals surface area contributed by atoms with E-state index in [0.717, 1.165) is 5.56 Å². The molecule has 0 saturated heterocycles. The number of hydrogen-bond acceptors (Lipinski definition) is 5. The van der Waals surface area contributed by atoms with Crippen molar-refractivity contribution in [3.05, 3.63) is 77.7 Å². The number of pyridine rings is 1. The van der Waals surface area contributed by atoms with Crippen molar-refractivity contribution in [2.45, 2.75) is 6.54 Å². The zero-order valence-electron chi connectivity index (χ0n) is 15.5. The van der Waals surface area contributed by atoms with E-state index in [9.17, 15) is 9.18 Å². The lowest BCUT2D eigenvalue weighted by Crippen LogP contribution is -2.13. The summed E-state index contributed by atoms with van der Waals surface area (Å²) in [4.78, 5) is 16.6. The van der Waals surface area contributed by atoms with Crippen molar-refractivity contribution in [2.24, 2.45) is 0 Å². The number of aromatic nitrogens is 1. The highest BCUT2D eigenvalue weighted by Gasteiger charge is 2.10. The molecule has 1 aromatic heterocycles. The van der Waals surface area contributed by atoms with E-state index >= 15 is 0 Å². The van der Waals surface area contributed by atoms with Crippen LogP contribution in [0.5, 0.6) is 11.5 Å². The van der Waals surface area contributed by atoms with E-state index in [0.29, 0.717) is 29.4 Å². The van der Waals surface area contributed by atoms with Crippen LogP contribution < -0.4 is 20.1 Å². The van der Waals surface area contributed by atoms with Gasteiger partial charge >= 0.3 is 0 Å². The number of carbonyl (C=O) groups is 1. The molecule has 0 fully saturated rings. The monoisotopic (exact) mass is 381 g/mol. The van der Waals surface area contributed by atoms with Crippen LogP contribution in [0.15, 0.2) is 60.8 Å². The first-order valence-corrected chi connectivity index (χ1v) is 8.57. The minimum absolute atomic E-state index is 0.129. The van der Waals surface area contributed by atoms with E-state index in [4.69, 9.17) is 9.47 Å². The topological polar surface area (TPSA) is 72.5 Å². The lowest BCUT2D eigenvalue weighted by atomic mass is 10.2. The number of ether oxygens (including phenoxy) is 2. The lowest BCUT2D eigenvalue weighted by molar-refractivity contribution is 0.102. The summed E-state index contributed by atoms with van der Waals surface area (Å²) in [6.45, 7) is 0.478. The van der Waals surface area contributed by atoms with E-state index < -0.39 is 11.7 Å². The number of carbonyl (C=O) groups excluding carboxylic acids is 1. The second-order valence-corrected chi connectivity index (χ2v) is 5.91. The summed E-state index contributed by atoms with van der Waals surface area (Å²) < 4.78 is 24.2. The largest absolute Gasteiger partial charge is 0.493 e. The molecule has 3 aromatic rings. The first-order valence-electron chi connectivity index (χ1n) is 8.57. The van der Waals surface area contributed by atoms with Crippen LogP contribution in [-0.4, -0.2) is 25.1 Å². The maximum Gasteiger partial charge on any atom is 0.255 e. The summed E-state index contributed by atoms with van der Waals surface area (Å²) in [6.07, 6.45) is 1.52. The molecule has 0 saturated carbocycles. The van der Waals surface area contributed by atoms with Gasteiger partial charge in [-0.3, -0.25) is 4.79 Å². The molecule has 0 aliphatic rings. The van der Waals surface area contributed by atoms with Crippen LogP contribution in [-0.2, 0) is 6.54 Å². The van der Waals surface area contributed by atoms with Crippen LogP contribution in [0.25, 0.3) is 0 Å². The Kier molecular flexibility index (Phi) is 6.06. The summed E-state index contributed by atoms with van der Waals surface area (Å²) >= 11 is 0. The van der Waals surface area contributed by atoms with E-state index in [2.05, 4.69) is 15.6 Å². The second kappa shape index (κ2) is 8.85. The third-order valence-electron chi connectivity index (χ3n) is 4.07. The zero-order chi connectivity index (χ0) is 19.9. The average Bonchev–Trinajstić information content (AvgIpc) is 2.73. The third-order valence-corrected chi connectivity index (χ3v) is 4.07. The summed E-state index contributed by atoms with van der Waals surface area (Å²) in [5.41, 5.74) is 1.46. The predicted molar refractivity (Wildman–Crippen MR) is 105 cm³/mol. The predicted octanol–water partition coefficient (Wildman–Crippen LogP) is 4.10. The van der Waals surface area contributed by atoms with Crippen molar-refractivity contribution in [2.75, 3.05) is 24.9 Å². The Balaban J connectivity index is 1.68. The molecular formula is C21H20FN3O3. The maximum absolute atomic E-state index is 13.7. The number of halogens is 1. The summed E-state index contributed by atoms with van der Waals surface area (Å²) in [5.74, 6) is 0.901. The quantitative estimate of drug-likeness (QED) is 0.645. The normalized spacial score (nSPS) is 10.2. The van der Waals surface area contributed by atoms with Crippen molar-refractivity contribution in [3.8, 4) is 11.5 Å². The van der Waals surface area contributed by atoms with Gasteiger partial charge in [-0.2, -0.15) is 0 Å². The van der Waals surface area contributed by atoms with Gasteiger partial charge in [0.15, 0.2) is 11.5 Å². The highest BCUT2D eigenvalue weighted by atomic mass is 19.1. The fourth-order valence-corrected chi connectivity index (χ4v) is 2.61. The van der Waals surface area contributed by atoms with Crippen LogP contribution in [0, 0.1) is 5.82 Å². The van der Waals surface area contributed by atoms with Gasteiger partial charge in [0.25, 0.3) is 5.91 Å². The molecule has 6 nitrogen and oxygen atoms in total. The molecule has 0 atom stereocenters. The minimum atomic E-state index is -0.489. The number of para-hydroxylation sites is 1. The molecule has 0 bridgehead atoms. The van der Waals surface area contributed by atoms with E-state index in [1.54, 1.807) is 38.5 Å². The molecule has 0 aliphatic carbocycles. The molecule has 2 aromatic carbocycles. The van der Waals surface area contributed by atoms with Crippen LogP contribution in [0.1, 0.15) is 15.9 Å². The highest BCUT2D eigenvalue weighted by molar-refractivity contribution is 6.04. The Morgan fingerprint density at radius 1 is 1.04 bits per heavy atom. The van der Waals surface area contributed by atoms with E-state index in [1.807, 2.05) is 18.2 Å². The van der Waals surface area contributed by atoms with Gasteiger partial charge in [-0.15, -0.1) is 0 Å². The molecular weight excluding hydrogens is 361 g/mol. The number of nitrogens with zero attached hydrogens (tertiary/aromatic N) is 1. The van der Waals surface area contributed by atoms with Gasteiger partial charge < -0.3 is 20.1 Å². The van der Waals surface area contributed by atoms with Crippen molar-refractivity contribution >= 4 is 17.4 Å². The van der Waals surface area contributed by atoms with Crippen molar-refractivity contribution in [3.63, 3.8) is 0 Å². The number of anilines is 2. The van der Waals surface area contributed by atoms with Crippen LogP contribution in [0.4, 0.5) is 15.9 Å². The lowest BCUT2D eigenvalue weighted by Gasteiger charge is -2.11. The van der Waals surface area contributed by atoms with Gasteiger partial charge in [0.2, 0.25) is 0 Å². The molecule has 2 N–H and O–H groups in total. The molecule has 7 heteroatoms. The standard InChI is InChI=1S/C21H20FN3O3/c1-27-18-8-7-14(11-19(18)28-2)13-24-20-12-15(9-10-23-20)21(26)25-17-6-4-3-5-16(17)22/h3-12H,13H2,1-2H3,(H,23,24)(H,25,26). The molecule has 0 aliphatic heterocycles. The van der Waals surface area contributed by atoms with Gasteiger partial charge in [0, 0.05) is 18.3 Å². The van der Waals surface area contributed by atoms with Crippen molar-refractivity contribution in [1.82, 2.24) is 4.98 Å². The van der Waals surface area contributed by atoms with Gasteiger partial charge in [-0.25, -0.2) is 9.37 Å². The molecule has 0 radical (unpaired) electrons. The number of rotatable bonds is 7. The molecule has 28 heavy (non-hydrogen) atoms. The SMILES string of the molecule is COc1ccc(CNc2cc(C(=O)Nc3ccccc3F)ccn2)cc1OC. The van der Waals surface area contributed by atoms with Crippen LogP contribution in [0.2, 0.25) is 0 Å². The fraction of sp³-hybridized carbons (Fsp3) is 0.143. The smallest absolute Gasteiger partial charge is 0.255 e. The van der Waals surface area contributed by atoms with Crippen molar-refractivity contribution in [1.29, 1.82) is 0 Å². The minimum Gasteiger partial charge on any atom is -0.493 e. The van der Waals surface area contributed by atoms with Gasteiger partial charge in [0.05, 0.1) is 19.9 Å². The fourth-order valence-electron chi connectivity index (χ4n) is 2.61. The number of benzene rings is 2. The van der Waals surface area contributed by atoms with Crippen LogP contribution >= 0.6 is 0 Å². The average molecular weight is 381 g/mol. The van der Waals surface area contributed by atoms with Gasteiger partial charge in [0.1, 0.15) is 11.6 Å². The van der Waals surface area contributed by atoms with Gasteiger partial charge in [-0.05, 0) is 42.0 Å². The Morgan fingerprint density at radius 2 is 1.82 bits per heavy atom. The molecule has 1 amide bonds. The molecule has 144 valence electrons. The number of methoxy groups -OCH3 is 2. The summed E-state index contributed by atoms with van der Waals surface area (Å²) in [5, 5.41) is 5.71. The molecule has 0 unspecified atom stereocenters. The second-order valence-electron chi connectivity index (χ2n) is 5.91. The van der Waals surface area contributed by atoms with Crippen molar-refractivity contribution < 1.29 is 18.7 Å². The Hall–Kier alpha value is -3.61. The number of nitrogens with one attached hydrogen (secondary N) is 2. The molecule has 0 spiro atoms. The molecule has 3 rings (SSSR count). The summed E-state index contributed by atoms with van der Waals surface area (Å²) in [7, 11) is 3.16. The highest BCUT2D eigenvalue weighted by Crippen LogP contribution is 2.27. The first-order chi connectivity index (χ1) is 13.6. The third kappa shape index (κ3) is 4.56. The maximum atomic E-state index is 13.7. The summed E-state index contributed by atoms with van der Waals surface area (Å²) in [6, 6.07) is 14.8. The molecule has 1 heterocycles. The zero-order valence-corrected chi connectivity index (χ0v) is 15.5.